The van der Waals surface area contributed by atoms with Crippen LogP contribution in [0.5, 0.6) is 5.75 Å². The Morgan fingerprint density at radius 3 is 2.37 bits per heavy atom. The van der Waals surface area contributed by atoms with E-state index in [9.17, 15) is 19.8 Å². The van der Waals surface area contributed by atoms with Crippen LogP contribution in [0, 0.1) is 0 Å². The number of carboxylic acids is 1. The fourth-order valence-corrected chi connectivity index (χ4v) is 3.02. The maximum absolute atomic E-state index is 12.7. The van der Waals surface area contributed by atoms with Gasteiger partial charge in [0.2, 0.25) is 6.29 Å². The molecule has 1 aliphatic heterocycles. The molecule has 1 fully saturated rings. The second kappa shape index (κ2) is 20.6. The smallest absolute Gasteiger partial charge is 0.333 e. The van der Waals surface area contributed by atoms with Crippen molar-refractivity contribution in [3.8, 4) is 5.75 Å². The van der Waals surface area contributed by atoms with Crippen molar-refractivity contribution in [2.75, 3.05) is 46.6 Å². The van der Waals surface area contributed by atoms with Crippen molar-refractivity contribution in [2.24, 2.45) is 0 Å². The van der Waals surface area contributed by atoms with Crippen molar-refractivity contribution < 1.29 is 80.0 Å². The molecule has 1 heterocycles. The van der Waals surface area contributed by atoms with Gasteiger partial charge in [0, 0.05) is 58.6 Å². The Morgan fingerprint density at radius 1 is 1.11 bits per heavy atom. The zero-order chi connectivity index (χ0) is 25.3. The second-order valence-corrected chi connectivity index (χ2v) is 7.21. The summed E-state index contributed by atoms with van der Waals surface area (Å²) >= 11 is 1.15. The van der Waals surface area contributed by atoms with Crippen LogP contribution in [0.15, 0.2) is 18.2 Å². The number of amides is 1. The molecule has 3 atom stereocenters. The van der Waals surface area contributed by atoms with Gasteiger partial charge in [0.15, 0.2) is 6.10 Å². The van der Waals surface area contributed by atoms with Gasteiger partial charge in [-0.15, -0.1) is 0 Å². The topological polar surface area (TPSA) is 176 Å². The normalized spacial score (nSPS) is 19.1. The van der Waals surface area contributed by atoms with E-state index < -0.39 is 30.4 Å². The summed E-state index contributed by atoms with van der Waals surface area (Å²) in [5.41, 5.74) is 0.660. The number of hydrogen-bond donors (Lipinski definition) is 6. The van der Waals surface area contributed by atoms with E-state index in [1.54, 1.807) is 6.07 Å². The monoisotopic (exact) mass is 689 g/mol. The molecule has 0 aromatic heterocycles. The number of halogens is 1. The van der Waals surface area contributed by atoms with Crippen LogP contribution in [0.3, 0.4) is 0 Å². The van der Waals surface area contributed by atoms with Gasteiger partial charge in [-0.05, 0) is 24.7 Å². The minimum absolute atomic E-state index is 0. The maximum atomic E-state index is 12.7. The van der Waals surface area contributed by atoms with Gasteiger partial charge >= 0.3 is 5.97 Å². The Labute approximate surface area is 243 Å². The second-order valence-electron chi connectivity index (χ2n) is 7.21. The molecule has 1 radical (unpaired) electrons. The van der Waals surface area contributed by atoms with E-state index in [0.29, 0.717) is 25.4 Å². The van der Waals surface area contributed by atoms with Crippen molar-refractivity contribution in [3.63, 3.8) is 0 Å². The summed E-state index contributed by atoms with van der Waals surface area (Å²) in [7, 11) is 1.84. The van der Waals surface area contributed by atoms with Crippen LogP contribution >= 0.6 is 23.0 Å². The summed E-state index contributed by atoms with van der Waals surface area (Å²) in [6.07, 6.45) is -3.10. The minimum Gasteiger partial charge on any atom is -0.479 e. The van der Waals surface area contributed by atoms with Crippen molar-refractivity contribution in [1.82, 2.24) is 10.6 Å². The summed E-state index contributed by atoms with van der Waals surface area (Å²) in [5, 5.41) is 34.2. The maximum Gasteiger partial charge on any atom is 0.333 e. The summed E-state index contributed by atoms with van der Waals surface area (Å²) < 4.78 is 28.8. The minimum atomic E-state index is -1.20. The number of rotatable bonds is 14. The number of hydrogen-bond acceptors (Lipinski definition) is 10. The number of carboxylic acid groups (broad SMARTS) is 1. The van der Waals surface area contributed by atoms with Gasteiger partial charge in [-0.2, -0.15) is 0 Å². The number of aliphatic carboxylic acids is 1. The molecule has 3 unspecified atom stereocenters. The predicted molar refractivity (Wildman–Crippen MR) is 129 cm³/mol. The van der Waals surface area contributed by atoms with Crippen LogP contribution in [0.1, 0.15) is 28.8 Å². The number of carbonyl (C=O) groups excluding carboxylic acids is 1. The van der Waals surface area contributed by atoms with Crippen molar-refractivity contribution in [3.05, 3.63) is 29.3 Å². The third kappa shape index (κ3) is 13.6. The largest absolute Gasteiger partial charge is 0.479 e. The Hall–Kier alpha value is -0.486. The number of carbonyl (C=O) groups is 2. The van der Waals surface area contributed by atoms with Crippen LogP contribution in [-0.4, -0.2) is 95.7 Å². The molecule has 1 aromatic carbocycles. The van der Waals surface area contributed by atoms with Gasteiger partial charge in [-0.3, -0.25) is 4.79 Å². The van der Waals surface area contributed by atoms with Crippen molar-refractivity contribution in [2.45, 2.75) is 37.9 Å². The summed E-state index contributed by atoms with van der Waals surface area (Å²) in [6.45, 7) is 2.48. The van der Waals surface area contributed by atoms with Crippen molar-refractivity contribution >= 4 is 34.9 Å². The van der Waals surface area contributed by atoms with E-state index in [1.165, 1.54) is 12.1 Å². The predicted octanol–water partition coefficient (Wildman–Crippen LogP) is -0.183. The number of aliphatic hydroxyl groups is 2. The molecule has 1 aliphatic rings. The summed E-state index contributed by atoms with van der Waals surface area (Å²) in [6, 6.07) is 4.56. The van der Waals surface area contributed by atoms with E-state index in [-0.39, 0.29) is 76.6 Å². The first-order chi connectivity index (χ1) is 16.4. The quantitative estimate of drug-likeness (QED) is 0.113. The van der Waals surface area contributed by atoms with Crippen LogP contribution in [0.25, 0.3) is 0 Å². The number of likely N-dealkylation sites (N-methyl/N-ethyl adjacent to an activating group) is 1. The van der Waals surface area contributed by atoms with E-state index in [1.807, 2.05) is 7.05 Å². The van der Waals surface area contributed by atoms with Crippen LogP contribution in [-0.2, 0) is 58.3 Å². The molecule has 1 aromatic rings. The average Bonchev–Trinajstić information content (AvgIpc) is 2.84. The molecule has 35 heavy (non-hydrogen) atoms. The van der Waals surface area contributed by atoms with Crippen molar-refractivity contribution in [1.29, 1.82) is 0 Å². The first-order valence-electron chi connectivity index (χ1n) is 10.7. The number of benzene rings is 1. The Morgan fingerprint density at radius 2 is 1.77 bits per heavy atom. The molecule has 0 aliphatic carbocycles. The first-order valence-corrected chi connectivity index (χ1v) is 11.6. The number of aliphatic hydroxyl groups excluding tert-OH is 2. The van der Waals surface area contributed by atoms with Gasteiger partial charge in [0.25, 0.3) is 5.91 Å². The van der Waals surface area contributed by atoms with Gasteiger partial charge < -0.3 is 48.3 Å². The SMILES string of the molecule is CNCCOCCOCCNC(=O)c1cc(CO)ccc1OC1CC(O)CC(C(=O)O)O1.OI.[Y]. The molecule has 12 nitrogen and oxygen atoms in total. The summed E-state index contributed by atoms with van der Waals surface area (Å²) in [4.78, 5) is 23.9. The molecule has 0 spiro atoms. The molecule has 14 heteroatoms. The van der Waals surface area contributed by atoms with Gasteiger partial charge in [-0.25, -0.2) is 4.79 Å². The molecule has 1 amide bonds. The standard InChI is InChI=1S/C21H32N2O9.HIO.Y/c1-22-4-6-29-8-9-30-7-5-23-20(26)16-10-14(13-24)2-3-17(16)31-19-12-15(25)11-18(32-19)21(27)28;1-2;/h2-3,10,15,18-19,22,24-25H,4-9,11-13H2,1H3,(H,23,26)(H,27,28);2H;. The number of ether oxygens (including phenoxy) is 4. The van der Waals surface area contributed by atoms with Gasteiger partial charge in [0.1, 0.15) is 28.8 Å². The third-order valence-electron chi connectivity index (χ3n) is 4.67. The van der Waals surface area contributed by atoms with Gasteiger partial charge in [0.05, 0.1) is 44.7 Å². The van der Waals surface area contributed by atoms with E-state index >= 15 is 0 Å². The Kier molecular flexibility index (Phi) is 20.3. The third-order valence-corrected chi connectivity index (χ3v) is 4.67. The van der Waals surface area contributed by atoms with Crippen LogP contribution in [0.4, 0.5) is 0 Å². The molecule has 1 saturated heterocycles. The zero-order valence-electron chi connectivity index (χ0n) is 19.5. The molecular weight excluding hydrogens is 656 g/mol. The van der Waals surface area contributed by atoms with E-state index in [4.69, 9.17) is 27.5 Å². The Bertz CT molecular complexity index is 746. The van der Waals surface area contributed by atoms with Gasteiger partial charge in [-0.1, -0.05) is 6.07 Å². The molecular formula is C21H33IN2O10Y. The molecule has 6 N–H and O–H groups in total. The fraction of sp³-hybridized carbons (Fsp3) is 0.619. The molecule has 197 valence electrons. The fourth-order valence-electron chi connectivity index (χ4n) is 3.02. The molecule has 0 saturated carbocycles. The Balaban J connectivity index is 0.00000375. The molecule has 0 bridgehead atoms. The van der Waals surface area contributed by atoms with E-state index in [2.05, 4.69) is 10.6 Å². The number of nitrogens with one attached hydrogen (secondary N) is 2. The zero-order valence-corrected chi connectivity index (χ0v) is 24.5. The molecule has 2 rings (SSSR count). The van der Waals surface area contributed by atoms with Crippen LogP contribution < -0.4 is 15.4 Å². The van der Waals surface area contributed by atoms with E-state index in [0.717, 1.165) is 29.6 Å². The first kappa shape index (κ1) is 34.5. The summed E-state index contributed by atoms with van der Waals surface area (Å²) in [5.74, 6) is -1.49. The average molecular weight is 689 g/mol. The van der Waals surface area contributed by atoms with Crippen LogP contribution in [0.2, 0.25) is 0 Å².